The number of benzene rings is 1. The summed E-state index contributed by atoms with van der Waals surface area (Å²) in [7, 11) is 3.06. The molecule has 0 amide bonds. The molecule has 2 aliphatic rings. The number of hydrogen-bond donors (Lipinski definition) is 1. The van der Waals surface area contributed by atoms with Crippen LogP contribution in [0.4, 0.5) is 11.8 Å². The van der Waals surface area contributed by atoms with Gasteiger partial charge in [-0.05, 0) is 19.1 Å². The van der Waals surface area contributed by atoms with Crippen molar-refractivity contribution in [2.45, 2.75) is 25.5 Å². The van der Waals surface area contributed by atoms with E-state index in [4.69, 9.17) is 52.1 Å². The third-order valence-corrected chi connectivity index (χ3v) is 7.87. The number of anilines is 2. The minimum atomic E-state index is -0.109. The lowest BCUT2D eigenvalue weighted by Gasteiger charge is -2.32. The normalized spacial score (nSPS) is 20.9. The number of nitrogens with one attached hydrogen (secondary N) is 1. The number of methoxy groups -OCH3 is 2. The molecule has 0 saturated carbocycles. The molecule has 1 aromatic carbocycles. The standard InChI is InChI=1S/C28H31Cl2N5O5/c1-5-18(36)8-17-13-39-14-20(17)33-28-31-11-16-9-19(23-24(29)21(37-3)10-22(38-4)25(23)30)32-27(26(16)34-28)35-6-7-40-15(2)12-35/h5,9-11,15,17,20H,1,6-8,12-14H2,2-4H3,(H,31,33,34)/t15?,17-,20+/m0/s1. The maximum atomic E-state index is 12.0. The highest BCUT2D eigenvalue weighted by molar-refractivity contribution is 6.41. The van der Waals surface area contributed by atoms with Crippen LogP contribution in [0.2, 0.25) is 10.0 Å². The molecule has 10 nitrogen and oxygen atoms in total. The number of rotatable bonds is 9. The van der Waals surface area contributed by atoms with Crippen molar-refractivity contribution in [2.24, 2.45) is 5.92 Å². The number of allylic oxidation sites excluding steroid dienone is 1. The van der Waals surface area contributed by atoms with Gasteiger partial charge in [-0.3, -0.25) is 4.79 Å². The Kier molecular flexibility index (Phi) is 8.60. The summed E-state index contributed by atoms with van der Waals surface area (Å²) in [5, 5.41) is 4.76. The lowest BCUT2D eigenvalue weighted by Crippen LogP contribution is -2.41. The van der Waals surface area contributed by atoms with Gasteiger partial charge < -0.3 is 29.2 Å². The average molecular weight is 588 g/mol. The molecule has 4 heterocycles. The summed E-state index contributed by atoms with van der Waals surface area (Å²) in [5.74, 6) is 1.89. The van der Waals surface area contributed by atoms with Crippen LogP contribution in [-0.2, 0) is 14.3 Å². The zero-order chi connectivity index (χ0) is 28.4. The third kappa shape index (κ3) is 5.67. The first-order valence-electron chi connectivity index (χ1n) is 13.0. The first kappa shape index (κ1) is 28.4. The molecule has 3 atom stereocenters. The summed E-state index contributed by atoms with van der Waals surface area (Å²) >= 11 is 13.5. The van der Waals surface area contributed by atoms with Crippen molar-refractivity contribution in [2.75, 3.05) is 57.3 Å². The first-order valence-corrected chi connectivity index (χ1v) is 13.7. The maximum Gasteiger partial charge on any atom is 0.223 e. The summed E-state index contributed by atoms with van der Waals surface area (Å²) in [4.78, 5) is 28.6. The van der Waals surface area contributed by atoms with Crippen LogP contribution in [0.3, 0.4) is 0 Å². The van der Waals surface area contributed by atoms with Crippen LogP contribution < -0.4 is 19.7 Å². The first-order chi connectivity index (χ1) is 19.3. The van der Waals surface area contributed by atoms with Gasteiger partial charge in [0.15, 0.2) is 11.6 Å². The highest BCUT2D eigenvalue weighted by atomic mass is 35.5. The monoisotopic (exact) mass is 587 g/mol. The second-order valence-corrected chi connectivity index (χ2v) is 10.6. The van der Waals surface area contributed by atoms with Gasteiger partial charge in [-0.2, -0.15) is 0 Å². The summed E-state index contributed by atoms with van der Waals surface area (Å²) in [6.07, 6.45) is 3.44. The largest absolute Gasteiger partial charge is 0.495 e. The molecule has 2 aromatic heterocycles. The number of carbonyl (C=O) groups is 1. The van der Waals surface area contributed by atoms with Crippen LogP contribution in [-0.4, -0.2) is 80.0 Å². The lowest BCUT2D eigenvalue weighted by atomic mass is 9.97. The van der Waals surface area contributed by atoms with E-state index in [2.05, 4.69) is 21.8 Å². The van der Waals surface area contributed by atoms with Gasteiger partial charge in [-0.1, -0.05) is 29.8 Å². The van der Waals surface area contributed by atoms with Crippen LogP contribution >= 0.6 is 23.2 Å². The molecule has 0 spiro atoms. The minimum absolute atomic E-state index is 0.00261. The van der Waals surface area contributed by atoms with Crippen LogP contribution in [0, 0.1) is 5.92 Å². The Labute approximate surface area is 242 Å². The fourth-order valence-electron chi connectivity index (χ4n) is 5.03. The lowest BCUT2D eigenvalue weighted by molar-refractivity contribution is -0.115. The van der Waals surface area contributed by atoms with Crippen LogP contribution in [0.1, 0.15) is 13.3 Å². The van der Waals surface area contributed by atoms with E-state index in [9.17, 15) is 4.79 Å². The van der Waals surface area contributed by atoms with Crippen molar-refractivity contribution in [3.05, 3.63) is 41.0 Å². The molecule has 0 bridgehead atoms. The van der Waals surface area contributed by atoms with Gasteiger partial charge in [0.25, 0.3) is 0 Å². The van der Waals surface area contributed by atoms with Gasteiger partial charge >= 0.3 is 0 Å². The highest BCUT2D eigenvalue weighted by Gasteiger charge is 2.31. The second kappa shape index (κ2) is 12.1. The quantitative estimate of drug-likeness (QED) is 0.350. The molecular weight excluding hydrogens is 557 g/mol. The topological polar surface area (TPSA) is 108 Å². The summed E-state index contributed by atoms with van der Waals surface area (Å²) in [6, 6.07) is 3.38. The van der Waals surface area contributed by atoms with Gasteiger partial charge in [0.05, 0.1) is 61.9 Å². The minimum Gasteiger partial charge on any atom is -0.495 e. The van der Waals surface area contributed by atoms with Crippen molar-refractivity contribution in [1.82, 2.24) is 15.0 Å². The molecule has 0 aliphatic carbocycles. The van der Waals surface area contributed by atoms with Crippen molar-refractivity contribution in [1.29, 1.82) is 0 Å². The Balaban J connectivity index is 1.60. The molecule has 12 heteroatoms. The highest BCUT2D eigenvalue weighted by Crippen LogP contribution is 2.46. The van der Waals surface area contributed by atoms with Gasteiger partial charge in [-0.25, -0.2) is 15.0 Å². The van der Waals surface area contributed by atoms with Crippen LogP contribution in [0.25, 0.3) is 22.2 Å². The molecule has 2 fully saturated rings. The van der Waals surface area contributed by atoms with E-state index in [1.807, 2.05) is 13.0 Å². The van der Waals surface area contributed by atoms with Gasteiger partial charge in [0.1, 0.15) is 17.0 Å². The Morgan fingerprint density at radius 1 is 1.20 bits per heavy atom. The smallest absolute Gasteiger partial charge is 0.223 e. The zero-order valence-corrected chi connectivity index (χ0v) is 24.1. The molecule has 0 radical (unpaired) electrons. The molecule has 3 aromatic rings. The van der Waals surface area contributed by atoms with Gasteiger partial charge in [0.2, 0.25) is 5.95 Å². The molecule has 5 rings (SSSR count). The fraction of sp³-hybridized carbons (Fsp3) is 0.429. The molecule has 212 valence electrons. The van der Waals surface area contributed by atoms with Crippen molar-refractivity contribution >= 4 is 51.7 Å². The Morgan fingerprint density at radius 3 is 2.62 bits per heavy atom. The molecule has 2 aliphatic heterocycles. The molecular formula is C28H31Cl2N5O5. The zero-order valence-electron chi connectivity index (χ0n) is 22.6. The van der Waals surface area contributed by atoms with Crippen LogP contribution in [0.5, 0.6) is 11.5 Å². The Hall–Kier alpha value is -3.18. The number of hydrogen-bond acceptors (Lipinski definition) is 10. The van der Waals surface area contributed by atoms with E-state index in [1.54, 1.807) is 12.3 Å². The predicted molar refractivity (Wildman–Crippen MR) is 155 cm³/mol. The van der Waals surface area contributed by atoms with Gasteiger partial charge in [0, 0.05) is 48.6 Å². The van der Waals surface area contributed by atoms with Crippen molar-refractivity contribution < 1.29 is 23.7 Å². The van der Waals surface area contributed by atoms with Crippen molar-refractivity contribution in [3.8, 4) is 22.8 Å². The number of ether oxygens (including phenoxy) is 4. The molecule has 2 saturated heterocycles. The number of ketones is 1. The van der Waals surface area contributed by atoms with E-state index in [-0.39, 0.29) is 23.8 Å². The fourth-order valence-corrected chi connectivity index (χ4v) is 5.72. The second-order valence-electron chi connectivity index (χ2n) is 9.80. The summed E-state index contributed by atoms with van der Waals surface area (Å²) < 4.78 is 22.4. The van der Waals surface area contributed by atoms with E-state index >= 15 is 0 Å². The van der Waals surface area contributed by atoms with E-state index in [0.717, 1.165) is 5.39 Å². The van der Waals surface area contributed by atoms with E-state index in [1.165, 1.54) is 20.3 Å². The summed E-state index contributed by atoms with van der Waals surface area (Å²) in [5.41, 5.74) is 1.68. The SMILES string of the molecule is C=CC(=O)C[C@H]1COC[C@H]1Nc1ncc2cc(-c3c(Cl)c(OC)cc(OC)c3Cl)nc(N3CCOC(C)C3)c2n1. The molecule has 40 heavy (non-hydrogen) atoms. The summed E-state index contributed by atoms with van der Waals surface area (Å²) in [6.45, 7) is 8.35. The van der Waals surface area contributed by atoms with Crippen molar-refractivity contribution in [3.63, 3.8) is 0 Å². The number of pyridine rings is 1. The predicted octanol–water partition coefficient (Wildman–Crippen LogP) is 4.81. The Morgan fingerprint density at radius 2 is 1.95 bits per heavy atom. The van der Waals surface area contributed by atoms with E-state index in [0.29, 0.717) is 89.4 Å². The average Bonchev–Trinajstić information content (AvgIpc) is 3.38. The van der Waals surface area contributed by atoms with Gasteiger partial charge in [-0.15, -0.1) is 0 Å². The number of fused-ring (bicyclic) bond motifs is 1. The number of nitrogens with zero attached hydrogens (tertiary/aromatic N) is 4. The third-order valence-electron chi connectivity index (χ3n) is 7.12. The van der Waals surface area contributed by atoms with Crippen LogP contribution in [0.15, 0.2) is 31.0 Å². The maximum absolute atomic E-state index is 12.0. The Bertz CT molecular complexity index is 1410. The molecule has 1 unspecified atom stereocenters. The number of aromatic nitrogens is 3. The number of morpholine rings is 1. The molecule has 1 N–H and O–H groups in total. The number of carbonyl (C=O) groups excluding carboxylic acids is 1. The number of halogens is 2. The van der Waals surface area contributed by atoms with E-state index < -0.39 is 0 Å².